The van der Waals surface area contributed by atoms with Crippen LogP contribution in [0.5, 0.6) is 0 Å². The molecule has 130 valence electrons. The first-order valence-corrected chi connectivity index (χ1v) is 8.95. The molecular formula is C18H19N3O3S. The number of rotatable bonds is 6. The monoisotopic (exact) mass is 357 g/mol. The largest absolute Gasteiger partial charge is 0.461 e. The van der Waals surface area contributed by atoms with E-state index >= 15 is 0 Å². The number of pyridine rings is 1. The maximum atomic E-state index is 12.7. The van der Waals surface area contributed by atoms with Gasteiger partial charge in [-0.1, -0.05) is 17.8 Å². The molecule has 3 rings (SSSR count). The molecule has 0 spiro atoms. The van der Waals surface area contributed by atoms with Crippen LogP contribution in [-0.2, 0) is 4.74 Å². The number of aryl methyl sites for hydroxylation is 1. The van der Waals surface area contributed by atoms with Crippen LogP contribution in [0.25, 0.3) is 5.52 Å². The number of fused-ring (bicyclic) bond motifs is 1. The second-order valence-corrected chi connectivity index (χ2v) is 6.54. The third-order valence-corrected chi connectivity index (χ3v) is 4.90. The Labute approximate surface area is 149 Å². The molecule has 6 nitrogen and oxygen atoms in total. The Morgan fingerprint density at radius 1 is 1.32 bits per heavy atom. The van der Waals surface area contributed by atoms with Crippen LogP contribution in [-0.4, -0.2) is 38.5 Å². The number of nitrogens with zero attached hydrogens (tertiary/aromatic N) is 2. The fraction of sp³-hybridized carbons (Fsp3) is 0.278. The van der Waals surface area contributed by atoms with E-state index in [4.69, 9.17) is 4.74 Å². The maximum Gasteiger partial charge on any atom is 0.355 e. The summed E-state index contributed by atoms with van der Waals surface area (Å²) in [5.41, 5.74) is 3.19. The number of hydrogen-bond donors (Lipinski definition) is 1. The molecule has 0 aliphatic carbocycles. The van der Waals surface area contributed by atoms with Gasteiger partial charge in [0.2, 0.25) is 0 Å². The number of imidazole rings is 1. The molecule has 1 N–H and O–H groups in total. The third kappa shape index (κ3) is 3.32. The van der Waals surface area contributed by atoms with Gasteiger partial charge in [-0.2, -0.15) is 0 Å². The molecule has 7 heteroatoms. The SMILES string of the molecule is CCOC(=O)c1[nH]c(C)c(C(=O)CSc2ncc3ccccn23)c1C. The minimum atomic E-state index is -0.436. The first-order valence-electron chi connectivity index (χ1n) is 7.97. The van der Waals surface area contributed by atoms with Crippen molar-refractivity contribution in [3.8, 4) is 0 Å². The first-order chi connectivity index (χ1) is 12.0. The number of H-pyrrole nitrogens is 1. The van der Waals surface area contributed by atoms with Gasteiger partial charge in [-0.25, -0.2) is 9.78 Å². The predicted octanol–water partition coefficient (Wildman–Crippen LogP) is 3.43. The minimum absolute atomic E-state index is 0.0421. The van der Waals surface area contributed by atoms with Gasteiger partial charge < -0.3 is 9.72 Å². The fourth-order valence-electron chi connectivity index (χ4n) is 2.80. The minimum Gasteiger partial charge on any atom is -0.461 e. The lowest BCUT2D eigenvalue weighted by Gasteiger charge is -2.03. The second-order valence-electron chi connectivity index (χ2n) is 5.59. The average molecular weight is 357 g/mol. The molecule has 0 radical (unpaired) electrons. The van der Waals surface area contributed by atoms with Gasteiger partial charge in [0.1, 0.15) is 5.69 Å². The van der Waals surface area contributed by atoms with E-state index in [1.807, 2.05) is 28.8 Å². The summed E-state index contributed by atoms with van der Waals surface area (Å²) in [7, 11) is 0. The zero-order valence-electron chi connectivity index (χ0n) is 14.3. The zero-order chi connectivity index (χ0) is 18.0. The van der Waals surface area contributed by atoms with E-state index < -0.39 is 5.97 Å². The van der Waals surface area contributed by atoms with E-state index in [1.54, 1.807) is 27.0 Å². The van der Waals surface area contributed by atoms with Crippen molar-refractivity contribution in [3.05, 3.63) is 53.1 Å². The number of carbonyl (C=O) groups excluding carboxylic acids is 2. The van der Waals surface area contributed by atoms with Gasteiger partial charge in [-0.05, 0) is 38.5 Å². The first kappa shape index (κ1) is 17.3. The Bertz CT molecular complexity index is 942. The standard InChI is InChI=1S/C18H19N3O3S/c1-4-24-17(23)16-11(2)15(12(3)20-16)14(22)10-25-18-19-9-13-7-5-6-8-21(13)18/h5-9,20H,4,10H2,1-3H3. The lowest BCUT2D eigenvalue weighted by molar-refractivity contribution is 0.0519. The van der Waals surface area contributed by atoms with Crippen molar-refractivity contribution >= 4 is 29.0 Å². The van der Waals surface area contributed by atoms with Crippen LogP contribution in [0.2, 0.25) is 0 Å². The van der Waals surface area contributed by atoms with Crippen LogP contribution in [0.1, 0.15) is 39.0 Å². The quantitative estimate of drug-likeness (QED) is 0.415. The van der Waals surface area contributed by atoms with Crippen LogP contribution in [0.3, 0.4) is 0 Å². The molecule has 0 unspecified atom stereocenters. The molecule has 3 aromatic heterocycles. The number of ketones is 1. The highest BCUT2D eigenvalue weighted by Gasteiger charge is 2.23. The summed E-state index contributed by atoms with van der Waals surface area (Å²) in [5, 5.41) is 0.764. The van der Waals surface area contributed by atoms with Crippen LogP contribution in [0.4, 0.5) is 0 Å². The number of ether oxygens (including phenoxy) is 1. The fourth-order valence-corrected chi connectivity index (χ4v) is 3.64. The van der Waals surface area contributed by atoms with E-state index in [9.17, 15) is 9.59 Å². The Morgan fingerprint density at radius 2 is 2.12 bits per heavy atom. The number of esters is 1. The Hall–Kier alpha value is -2.54. The molecule has 0 aliphatic heterocycles. The number of aromatic amines is 1. The third-order valence-electron chi connectivity index (χ3n) is 3.93. The number of Topliss-reactive ketones (excluding diaryl/α,β-unsaturated/α-hetero) is 1. The summed E-state index contributed by atoms with van der Waals surface area (Å²) >= 11 is 1.38. The van der Waals surface area contributed by atoms with Crippen LogP contribution < -0.4 is 0 Å². The van der Waals surface area contributed by atoms with Crippen molar-refractivity contribution in [1.82, 2.24) is 14.4 Å². The number of aromatic nitrogens is 3. The van der Waals surface area contributed by atoms with E-state index in [-0.39, 0.29) is 11.5 Å². The van der Waals surface area contributed by atoms with Gasteiger partial charge in [-0.3, -0.25) is 9.20 Å². The predicted molar refractivity (Wildman–Crippen MR) is 96.5 cm³/mol. The summed E-state index contributed by atoms with van der Waals surface area (Å²) in [6, 6.07) is 5.83. The molecule has 3 aromatic rings. The molecule has 0 amide bonds. The molecule has 0 aliphatic rings. The van der Waals surface area contributed by atoms with Gasteiger partial charge in [0.25, 0.3) is 0 Å². The highest BCUT2D eigenvalue weighted by Crippen LogP contribution is 2.24. The molecule has 0 saturated heterocycles. The smallest absolute Gasteiger partial charge is 0.355 e. The topological polar surface area (TPSA) is 76.5 Å². The van der Waals surface area contributed by atoms with Crippen molar-refractivity contribution in [2.45, 2.75) is 25.9 Å². The van der Waals surface area contributed by atoms with Crippen molar-refractivity contribution in [3.63, 3.8) is 0 Å². The van der Waals surface area contributed by atoms with E-state index in [1.165, 1.54) is 11.8 Å². The summed E-state index contributed by atoms with van der Waals surface area (Å²) in [6.07, 6.45) is 3.69. The molecule has 0 bridgehead atoms. The average Bonchev–Trinajstić information content (AvgIpc) is 3.14. The van der Waals surface area contributed by atoms with E-state index in [2.05, 4.69) is 9.97 Å². The molecule has 25 heavy (non-hydrogen) atoms. The molecule has 0 aromatic carbocycles. The van der Waals surface area contributed by atoms with Crippen molar-refractivity contribution < 1.29 is 14.3 Å². The van der Waals surface area contributed by atoms with Crippen molar-refractivity contribution in [1.29, 1.82) is 0 Å². The maximum absolute atomic E-state index is 12.7. The Kier molecular flexibility index (Phi) is 4.94. The molecule has 0 atom stereocenters. The molecule has 0 fully saturated rings. The Balaban J connectivity index is 1.78. The number of thioether (sulfide) groups is 1. The highest BCUT2D eigenvalue weighted by atomic mass is 32.2. The normalized spacial score (nSPS) is 11.0. The van der Waals surface area contributed by atoms with Gasteiger partial charge in [-0.15, -0.1) is 0 Å². The highest BCUT2D eigenvalue weighted by molar-refractivity contribution is 7.99. The van der Waals surface area contributed by atoms with Crippen LogP contribution in [0, 0.1) is 13.8 Å². The zero-order valence-corrected chi connectivity index (χ0v) is 15.1. The van der Waals surface area contributed by atoms with Crippen molar-refractivity contribution in [2.24, 2.45) is 0 Å². The Morgan fingerprint density at radius 3 is 2.88 bits per heavy atom. The van der Waals surface area contributed by atoms with E-state index in [0.29, 0.717) is 29.1 Å². The molecule has 3 heterocycles. The summed E-state index contributed by atoms with van der Waals surface area (Å²) < 4.78 is 6.97. The number of carbonyl (C=O) groups is 2. The van der Waals surface area contributed by atoms with Crippen molar-refractivity contribution in [2.75, 3.05) is 12.4 Å². The van der Waals surface area contributed by atoms with Gasteiger partial charge in [0, 0.05) is 17.5 Å². The summed E-state index contributed by atoms with van der Waals surface area (Å²) in [5.74, 6) is -0.232. The number of nitrogens with one attached hydrogen (secondary N) is 1. The van der Waals surface area contributed by atoms with Gasteiger partial charge >= 0.3 is 5.97 Å². The van der Waals surface area contributed by atoms with Gasteiger partial charge in [0.15, 0.2) is 10.9 Å². The van der Waals surface area contributed by atoms with E-state index in [0.717, 1.165) is 10.7 Å². The molecular weight excluding hydrogens is 338 g/mol. The lowest BCUT2D eigenvalue weighted by atomic mass is 10.1. The van der Waals surface area contributed by atoms with Gasteiger partial charge in [0.05, 0.1) is 24.1 Å². The lowest BCUT2D eigenvalue weighted by Crippen LogP contribution is -2.08. The van der Waals surface area contributed by atoms with Crippen LogP contribution in [0.15, 0.2) is 35.7 Å². The summed E-state index contributed by atoms with van der Waals surface area (Å²) in [6.45, 7) is 5.60. The van der Waals surface area contributed by atoms with Crippen LogP contribution >= 0.6 is 11.8 Å². The molecule has 0 saturated carbocycles. The number of hydrogen-bond acceptors (Lipinski definition) is 5. The second kappa shape index (κ2) is 7.14. The summed E-state index contributed by atoms with van der Waals surface area (Å²) in [4.78, 5) is 32.0.